The van der Waals surface area contributed by atoms with Crippen molar-refractivity contribution >= 4 is 12.6 Å². The number of benzene rings is 3. The van der Waals surface area contributed by atoms with Gasteiger partial charge in [0.25, 0.3) is 0 Å². The molecule has 1 aromatic heterocycles. The van der Waals surface area contributed by atoms with Crippen LogP contribution in [0, 0.1) is 13.8 Å². The molecule has 132 valence electrons. The van der Waals surface area contributed by atoms with Gasteiger partial charge in [-0.1, -0.05) is 65.7 Å². The lowest BCUT2D eigenvalue weighted by Gasteiger charge is -2.11. The van der Waals surface area contributed by atoms with Crippen LogP contribution in [0.5, 0.6) is 0 Å². The van der Waals surface area contributed by atoms with Crippen LogP contribution in [0.1, 0.15) is 11.1 Å². The molecule has 1 heterocycles. The average Bonchev–Trinajstić information content (AvgIpc) is 2.68. The van der Waals surface area contributed by atoms with Gasteiger partial charge in [0.2, 0.25) is 0 Å². The Labute approximate surface area is 166 Å². The molecule has 0 spiro atoms. The van der Waals surface area contributed by atoms with Gasteiger partial charge in [-0.2, -0.15) is 0 Å². The van der Waals surface area contributed by atoms with Crippen molar-refractivity contribution in [1.82, 2.24) is 4.98 Å². The van der Waals surface area contributed by atoms with Crippen LogP contribution in [0.4, 0.5) is 0 Å². The summed E-state index contributed by atoms with van der Waals surface area (Å²) >= 11 is 4.49. The normalized spacial score (nSPS) is 10.8. The topological polar surface area (TPSA) is 12.9 Å². The molecule has 0 unspecified atom stereocenters. The largest absolute Gasteiger partial charge is 0.248 e. The van der Waals surface area contributed by atoms with Crippen LogP contribution < -0.4 is 0 Å². The fourth-order valence-corrected chi connectivity index (χ4v) is 3.43. The number of rotatable bonds is 3. The van der Waals surface area contributed by atoms with Gasteiger partial charge < -0.3 is 0 Å². The van der Waals surface area contributed by atoms with Gasteiger partial charge in [-0.25, -0.2) is 4.98 Å². The summed E-state index contributed by atoms with van der Waals surface area (Å²) in [6, 6.07) is 29.6. The van der Waals surface area contributed by atoms with Crippen LogP contribution >= 0.6 is 12.6 Å². The van der Waals surface area contributed by atoms with E-state index >= 15 is 0 Å². The Morgan fingerprint density at radius 3 is 1.81 bits per heavy atom. The highest BCUT2D eigenvalue weighted by molar-refractivity contribution is 7.80. The lowest BCUT2D eigenvalue weighted by atomic mass is 9.99. The molecule has 0 atom stereocenters. The maximum absolute atomic E-state index is 4.97. The van der Waals surface area contributed by atoms with Gasteiger partial charge in [0.15, 0.2) is 0 Å². The molecule has 0 aliphatic rings. The summed E-state index contributed by atoms with van der Waals surface area (Å²) in [4.78, 5) is 5.90. The molecule has 27 heavy (non-hydrogen) atoms. The monoisotopic (exact) mass is 367 g/mol. The van der Waals surface area contributed by atoms with Gasteiger partial charge in [-0.05, 0) is 55.3 Å². The summed E-state index contributed by atoms with van der Waals surface area (Å²) in [5, 5.41) is 0. The van der Waals surface area contributed by atoms with E-state index in [0.717, 1.165) is 27.4 Å². The summed E-state index contributed by atoms with van der Waals surface area (Å²) in [5.74, 6) is 0. The standard InChI is InChI=1S/C25H21NS/c1-17-9-11-19(12-10-17)22-15-24(20-6-3-5-18(2)13-20)26-25(16-22)21-7-4-8-23(27)14-21/h3-16,27H,1-2H3. The predicted octanol–water partition coefficient (Wildman–Crippen LogP) is 6.99. The number of thiol groups is 1. The molecule has 3 aromatic carbocycles. The van der Waals surface area contributed by atoms with Crippen molar-refractivity contribution in [3.05, 3.63) is 96.1 Å². The van der Waals surface area contributed by atoms with Gasteiger partial charge in [0, 0.05) is 16.0 Å². The van der Waals surface area contributed by atoms with E-state index < -0.39 is 0 Å². The van der Waals surface area contributed by atoms with Crippen LogP contribution in [0.3, 0.4) is 0 Å². The van der Waals surface area contributed by atoms with Gasteiger partial charge in [0.05, 0.1) is 11.4 Å². The zero-order chi connectivity index (χ0) is 18.8. The number of hydrogen-bond donors (Lipinski definition) is 1. The number of aryl methyl sites for hydroxylation is 2. The van der Waals surface area contributed by atoms with Crippen molar-refractivity contribution in [2.45, 2.75) is 18.7 Å². The lowest BCUT2D eigenvalue weighted by molar-refractivity contribution is 1.30. The first-order valence-electron chi connectivity index (χ1n) is 9.04. The van der Waals surface area contributed by atoms with E-state index in [-0.39, 0.29) is 0 Å². The highest BCUT2D eigenvalue weighted by Gasteiger charge is 2.09. The minimum atomic E-state index is 0.937. The molecule has 0 aliphatic heterocycles. The highest BCUT2D eigenvalue weighted by Crippen LogP contribution is 2.31. The summed E-state index contributed by atoms with van der Waals surface area (Å²) in [7, 11) is 0. The van der Waals surface area contributed by atoms with E-state index in [9.17, 15) is 0 Å². The second-order valence-corrected chi connectivity index (χ2v) is 7.43. The predicted molar refractivity (Wildman–Crippen MR) is 117 cm³/mol. The summed E-state index contributed by atoms with van der Waals surface area (Å²) < 4.78 is 0. The van der Waals surface area contributed by atoms with Gasteiger partial charge in [0.1, 0.15) is 0 Å². The molecule has 0 N–H and O–H groups in total. The highest BCUT2D eigenvalue weighted by atomic mass is 32.1. The first-order valence-corrected chi connectivity index (χ1v) is 9.49. The molecule has 4 rings (SSSR count). The Hall–Kier alpha value is -2.84. The molecule has 2 heteroatoms. The van der Waals surface area contributed by atoms with Crippen molar-refractivity contribution in [1.29, 1.82) is 0 Å². The first kappa shape index (κ1) is 17.6. The van der Waals surface area contributed by atoms with E-state index in [2.05, 4.69) is 99.3 Å². The fourth-order valence-electron chi connectivity index (χ4n) is 3.21. The summed E-state index contributed by atoms with van der Waals surface area (Å²) in [5.41, 5.74) is 9.00. The Morgan fingerprint density at radius 1 is 0.556 bits per heavy atom. The number of nitrogens with zero attached hydrogens (tertiary/aromatic N) is 1. The van der Waals surface area contributed by atoms with Crippen LogP contribution in [-0.2, 0) is 0 Å². The smallest absolute Gasteiger partial charge is 0.0716 e. The molecule has 4 aromatic rings. The van der Waals surface area contributed by atoms with Crippen LogP contribution in [0.25, 0.3) is 33.6 Å². The number of aromatic nitrogens is 1. The molecule has 0 saturated carbocycles. The molecule has 0 aliphatic carbocycles. The van der Waals surface area contributed by atoms with E-state index in [1.54, 1.807) is 0 Å². The van der Waals surface area contributed by atoms with Crippen molar-refractivity contribution in [3.8, 4) is 33.6 Å². The molecule has 0 bridgehead atoms. The third-order valence-electron chi connectivity index (χ3n) is 4.67. The molecular formula is C25H21NS. The molecular weight excluding hydrogens is 346 g/mol. The molecule has 0 fully saturated rings. The zero-order valence-electron chi connectivity index (χ0n) is 15.5. The maximum atomic E-state index is 4.97. The van der Waals surface area contributed by atoms with Gasteiger partial charge >= 0.3 is 0 Å². The Morgan fingerprint density at radius 2 is 1.19 bits per heavy atom. The van der Waals surface area contributed by atoms with Gasteiger partial charge in [-0.15, -0.1) is 12.6 Å². The van der Waals surface area contributed by atoms with E-state index in [1.165, 1.54) is 22.3 Å². The van der Waals surface area contributed by atoms with Crippen molar-refractivity contribution in [2.24, 2.45) is 0 Å². The zero-order valence-corrected chi connectivity index (χ0v) is 16.4. The maximum Gasteiger partial charge on any atom is 0.0716 e. The van der Waals surface area contributed by atoms with E-state index in [0.29, 0.717) is 0 Å². The van der Waals surface area contributed by atoms with Crippen molar-refractivity contribution in [3.63, 3.8) is 0 Å². The third kappa shape index (κ3) is 3.96. The third-order valence-corrected chi connectivity index (χ3v) is 4.94. The minimum Gasteiger partial charge on any atom is -0.248 e. The molecule has 0 amide bonds. The van der Waals surface area contributed by atoms with Crippen LogP contribution in [0.15, 0.2) is 89.8 Å². The van der Waals surface area contributed by atoms with Crippen LogP contribution in [0.2, 0.25) is 0 Å². The lowest BCUT2D eigenvalue weighted by Crippen LogP contribution is -1.92. The number of pyridine rings is 1. The molecule has 1 nitrogen and oxygen atoms in total. The van der Waals surface area contributed by atoms with Crippen molar-refractivity contribution in [2.75, 3.05) is 0 Å². The second kappa shape index (κ2) is 7.42. The molecule has 0 radical (unpaired) electrons. The summed E-state index contributed by atoms with van der Waals surface area (Å²) in [6.45, 7) is 4.22. The minimum absolute atomic E-state index is 0.937. The average molecular weight is 368 g/mol. The quantitative estimate of drug-likeness (QED) is 0.385. The van der Waals surface area contributed by atoms with Crippen LogP contribution in [-0.4, -0.2) is 4.98 Å². The fraction of sp³-hybridized carbons (Fsp3) is 0.0800. The van der Waals surface area contributed by atoms with E-state index in [1.807, 2.05) is 12.1 Å². The SMILES string of the molecule is Cc1ccc(-c2cc(-c3cccc(C)c3)nc(-c3cccc(S)c3)c2)cc1. The molecule has 0 saturated heterocycles. The second-order valence-electron chi connectivity index (χ2n) is 6.91. The Kier molecular flexibility index (Phi) is 4.83. The Balaban J connectivity index is 1.92. The summed E-state index contributed by atoms with van der Waals surface area (Å²) in [6.07, 6.45) is 0. The first-order chi connectivity index (χ1) is 13.1. The Bertz CT molecular complexity index is 1030. The number of hydrogen-bond acceptors (Lipinski definition) is 2. The van der Waals surface area contributed by atoms with Gasteiger partial charge in [-0.3, -0.25) is 0 Å². The van der Waals surface area contributed by atoms with Crippen molar-refractivity contribution < 1.29 is 0 Å². The van der Waals surface area contributed by atoms with E-state index in [4.69, 9.17) is 4.98 Å².